The van der Waals surface area contributed by atoms with Crippen molar-refractivity contribution >= 4 is 5.65 Å². The number of hydrogen-bond acceptors (Lipinski definition) is 2. The monoisotopic (exact) mass is 202 g/mol. The molecule has 1 N–H and O–H groups in total. The summed E-state index contributed by atoms with van der Waals surface area (Å²) in [5.41, 5.74) is 1.86. The molecule has 0 unspecified atom stereocenters. The maximum absolute atomic E-state index is 13.4. The van der Waals surface area contributed by atoms with Gasteiger partial charge in [0.1, 0.15) is 12.1 Å². The second kappa shape index (κ2) is 2.91. The Morgan fingerprint density at radius 3 is 2.93 bits per heavy atom. The standard InChI is InChI=1S/C10H7FN4/c11-8-4-2-1-3-7(8)9-5-10-12-6-13-15(10)14-9/h1-6,14H. The third kappa shape index (κ3) is 1.20. The summed E-state index contributed by atoms with van der Waals surface area (Å²) in [7, 11) is 0. The first-order chi connectivity index (χ1) is 7.34. The van der Waals surface area contributed by atoms with Crippen LogP contribution in [0.5, 0.6) is 0 Å². The van der Waals surface area contributed by atoms with Crippen LogP contribution in [0.3, 0.4) is 0 Å². The van der Waals surface area contributed by atoms with Crippen molar-refractivity contribution in [1.29, 1.82) is 0 Å². The van der Waals surface area contributed by atoms with Crippen LogP contribution in [0.1, 0.15) is 0 Å². The van der Waals surface area contributed by atoms with Gasteiger partial charge in [0.15, 0.2) is 5.65 Å². The van der Waals surface area contributed by atoms with E-state index in [9.17, 15) is 4.39 Å². The zero-order valence-electron chi connectivity index (χ0n) is 7.68. The fourth-order valence-electron chi connectivity index (χ4n) is 1.53. The van der Waals surface area contributed by atoms with Gasteiger partial charge in [-0.15, -0.1) is 5.10 Å². The van der Waals surface area contributed by atoms with Gasteiger partial charge in [-0.2, -0.15) is 4.63 Å². The molecule has 0 atom stereocenters. The summed E-state index contributed by atoms with van der Waals surface area (Å²) < 4.78 is 14.9. The molecule has 0 aliphatic rings. The number of fused-ring (bicyclic) bond motifs is 1. The number of aromatic nitrogens is 4. The number of H-pyrrole nitrogens is 1. The lowest BCUT2D eigenvalue weighted by atomic mass is 10.1. The second-order valence-electron chi connectivity index (χ2n) is 3.18. The molecule has 0 amide bonds. The smallest absolute Gasteiger partial charge is 0.175 e. The third-order valence-corrected chi connectivity index (χ3v) is 2.24. The molecular weight excluding hydrogens is 195 g/mol. The van der Waals surface area contributed by atoms with Crippen LogP contribution in [0.2, 0.25) is 0 Å². The van der Waals surface area contributed by atoms with Gasteiger partial charge in [0.05, 0.1) is 5.69 Å². The van der Waals surface area contributed by atoms with Gasteiger partial charge in [-0.1, -0.05) is 12.1 Å². The van der Waals surface area contributed by atoms with E-state index >= 15 is 0 Å². The Labute approximate surface area is 84.4 Å². The maximum Gasteiger partial charge on any atom is 0.175 e. The summed E-state index contributed by atoms with van der Waals surface area (Å²) >= 11 is 0. The first-order valence-corrected chi connectivity index (χ1v) is 4.48. The van der Waals surface area contributed by atoms with Gasteiger partial charge in [-0.05, 0) is 12.1 Å². The van der Waals surface area contributed by atoms with Crippen LogP contribution in [0, 0.1) is 5.82 Å². The fraction of sp³-hybridized carbons (Fsp3) is 0. The molecule has 2 aromatic heterocycles. The molecule has 5 heteroatoms. The molecule has 15 heavy (non-hydrogen) atoms. The molecule has 0 bridgehead atoms. The molecular formula is C10H7FN4. The summed E-state index contributed by atoms with van der Waals surface area (Å²) in [6.45, 7) is 0. The Hall–Kier alpha value is -2.17. The predicted octanol–water partition coefficient (Wildman–Crippen LogP) is 1.86. The minimum absolute atomic E-state index is 0.262. The van der Waals surface area contributed by atoms with Crippen LogP contribution in [0.15, 0.2) is 36.7 Å². The van der Waals surface area contributed by atoms with Crippen LogP contribution in [0.25, 0.3) is 16.9 Å². The van der Waals surface area contributed by atoms with Crippen molar-refractivity contribution < 1.29 is 4.39 Å². The number of aromatic amines is 1. The minimum atomic E-state index is -0.262. The van der Waals surface area contributed by atoms with E-state index in [0.29, 0.717) is 16.9 Å². The zero-order valence-corrected chi connectivity index (χ0v) is 7.68. The lowest BCUT2D eigenvalue weighted by Crippen LogP contribution is -1.88. The van der Waals surface area contributed by atoms with Gasteiger partial charge in [-0.3, -0.25) is 5.10 Å². The fourth-order valence-corrected chi connectivity index (χ4v) is 1.53. The van der Waals surface area contributed by atoms with Crippen molar-refractivity contribution in [3.8, 4) is 11.3 Å². The highest BCUT2D eigenvalue weighted by Crippen LogP contribution is 2.21. The molecule has 0 radical (unpaired) electrons. The number of rotatable bonds is 1. The van der Waals surface area contributed by atoms with Gasteiger partial charge in [-0.25, -0.2) is 9.37 Å². The summed E-state index contributed by atoms with van der Waals surface area (Å²) in [5, 5.41) is 6.86. The number of halogens is 1. The maximum atomic E-state index is 13.4. The van der Waals surface area contributed by atoms with Crippen LogP contribution >= 0.6 is 0 Å². The molecule has 0 saturated heterocycles. The lowest BCUT2D eigenvalue weighted by Gasteiger charge is -1.97. The SMILES string of the molecule is Fc1ccccc1-c1cc2ncnn2[nH]1. The number of nitrogens with one attached hydrogen (secondary N) is 1. The van der Waals surface area contributed by atoms with Crippen LogP contribution in [0.4, 0.5) is 4.39 Å². The second-order valence-corrected chi connectivity index (χ2v) is 3.18. The molecule has 0 spiro atoms. The molecule has 3 aromatic rings. The topological polar surface area (TPSA) is 46.0 Å². The average Bonchev–Trinajstić information content (AvgIpc) is 2.77. The number of benzene rings is 1. The highest BCUT2D eigenvalue weighted by atomic mass is 19.1. The van der Waals surface area contributed by atoms with E-state index in [0.717, 1.165) is 0 Å². The van der Waals surface area contributed by atoms with E-state index in [1.807, 2.05) is 0 Å². The van der Waals surface area contributed by atoms with Gasteiger partial charge in [0.25, 0.3) is 0 Å². The highest BCUT2D eigenvalue weighted by Gasteiger charge is 2.08. The van der Waals surface area contributed by atoms with Gasteiger partial charge in [0.2, 0.25) is 0 Å². The van der Waals surface area contributed by atoms with E-state index < -0.39 is 0 Å². The molecule has 2 heterocycles. The van der Waals surface area contributed by atoms with Gasteiger partial charge in [0, 0.05) is 11.6 Å². The van der Waals surface area contributed by atoms with Crippen molar-refractivity contribution in [3.05, 3.63) is 42.5 Å². The summed E-state index contributed by atoms with van der Waals surface area (Å²) in [6, 6.07) is 8.33. The molecule has 74 valence electrons. The van der Waals surface area contributed by atoms with Crippen LogP contribution in [-0.4, -0.2) is 19.8 Å². The van der Waals surface area contributed by atoms with Crippen LogP contribution < -0.4 is 0 Å². The summed E-state index contributed by atoms with van der Waals surface area (Å²) in [6.07, 6.45) is 1.44. The Morgan fingerprint density at radius 2 is 2.13 bits per heavy atom. The molecule has 0 fully saturated rings. The molecule has 0 saturated carbocycles. The van der Waals surface area contributed by atoms with Crippen molar-refractivity contribution in [2.75, 3.05) is 0 Å². The highest BCUT2D eigenvalue weighted by molar-refractivity contribution is 5.64. The molecule has 4 nitrogen and oxygen atoms in total. The third-order valence-electron chi connectivity index (χ3n) is 2.24. The molecule has 0 aliphatic heterocycles. The minimum Gasteiger partial charge on any atom is -0.276 e. The quantitative estimate of drug-likeness (QED) is 0.654. The zero-order chi connectivity index (χ0) is 10.3. The first kappa shape index (κ1) is 8.16. The Kier molecular flexibility index (Phi) is 1.58. The van der Waals surface area contributed by atoms with E-state index in [1.54, 1.807) is 24.3 Å². The van der Waals surface area contributed by atoms with Crippen molar-refractivity contribution in [2.45, 2.75) is 0 Å². The number of nitrogens with zero attached hydrogens (tertiary/aromatic N) is 3. The van der Waals surface area contributed by atoms with Crippen molar-refractivity contribution in [1.82, 2.24) is 19.8 Å². The van der Waals surface area contributed by atoms with E-state index in [-0.39, 0.29) is 5.82 Å². The van der Waals surface area contributed by atoms with E-state index in [1.165, 1.54) is 17.0 Å². The normalized spacial score (nSPS) is 11.0. The van der Waals surface area contributed by atoms with Gasteiger partial charge < -0.3 is 0 Å². The summed E-state index contributed by atoms with van der Waals surface area (Å²) in [5.74, 6) is -0.262. The Morgan fingerprint density at radius 1 is 1.27 bits per heavy atom. The van der Waals surface area contributed by atoms with Gasteiger partial charge >= 0.3 is 0 Å². The number of hydrogen-bond donors (Lipinski definition) is 1. The molecule has 1 aromatic carbocycles. The average molecular weight is 202 g/mol. The van der Waals surface area contributed by atoms with Crippen molar-refractivity contribution in [2.24, 2.45) is 0 Å². The van der Waals surface area contributed by atoms with E-state index in [4.69, 9.17) is 0 Å². The Bertz CT molecular complexity index is 582. The Balaban J connectivity index is 2.22. The van der Waals surface area contributed by atoms with Crippen LogP contribution in [-0.2, 0) is 0 Å². The van der Waals surface area contributed by atoms with Crippen molar-refractivity contribution in [3.63, 3.8) is 0 Å². The molecule has 0 aliphatic carbocycles. The summed E-state index contributed by atoms with van der Waals surface area (Å²) in [4.78, 5) is 3.99. The molecule has 3 rings (SSSR count). The first-order valence-electron chi connectivity index (χ1n) is 4.48. The van der Waals surface area contributed by atoms with E-state index in [2.05, 4.69) is 15.2 Å². The largest absolute Gasteiger partial charge is 0.276 e. The lowest BCUT2D eigenvalue weighted by molar-refractivity contribution is 0.630. The predicted molar refractivity (Wildman–Crippen MR) is 52.7 cm³/mol.